The molecule has 0 aromatic heterocycles. The Morgan fingerprint density at radius 3 is 2.50 bits per heavy atom. The number of carbonyl (C=O) groups is 2. The van der Waals surface area contributed by atoms with Gasteiger partial charge in [0.15, 0.2) is 0 Å². The fraction of sp³-hybridized carbons (Fsp3) is 0.333. The van der Waals surface area contributed by atoms with Crippen LogP contribution in [0.1, 0.15) is 18.6 Å². The van der Waals surface area contributed by atoms with Crippen LogP contribution in [0, 0.1) is 5.82 Å². The molecule has 0 spiro atoms. The summed E-state index contributed by atoms with van der Waals surface area (Å²) in [5, 5.41) is 11.8. The maximum Gasteiger partial charge on any atom is 0.246 e. The third-order valence-corrected chi connectivity index (χ3v) is 2.74. The maximum atomic E-state index is 13.7. The predicted octanol–water partition coefficient (Wildman–Crippen LogP) is 0.342. The first-order valence-electron chi connectivity index (χ1n) is 5.53. The van der Waals surface area contributed by atoms with Gasteiger partial charge < -0.3 is 10.0 Å². The number of nitrogens with zero attached hydrogens (tertiary/aromatic N) is 1. The summed E-state index contributed by atoms with van der Waals surface area (Å²) in [6.07, 6.45) is -1.01. The summed E-state index contributed by atoms with van der Waals surface area (Å²) in [6, 6.07) is 4.29. The monoisotopic (exact) mass is 252 g/mol. The zero-order chi connectivity index (χ0) is 13.3. The van der Waals surface area contributed by atoms with Crippen molar-refractivity contribution in [1.82, 2.24) is 5.32 Å². The summed E-state index contributed by atoms with van der Waals surface area (Å²) in [5.41, 5.74) is 0.466. The van der Waals surface area contributed by atoms with Crippen LogP contribution in [0.25, 0.3) is 0 Å². The number of aliphatic hydroxyl groups is 1. The molecule has 0 unspecified atom stereocenters. The van der Waals surface area contributed by atoms with Gasteiger partial charge in [0, 0.05) is 11.3 Å². The van der Waals surface area contributed by atoms with Gasteiger partial charge in [0.25, 0.3) is 0 Å². The van der Waals surface area contributed by atoms with Crippen LogP contribution in [-0.2, 0) is 9.59 Å². The van der Waals surface area contributed by atoms with E-state index in [4.69, 9.17) is 0 Å². The lowest BCUT2D eigenvalue weighted by Crippen LogP contribution is -2.51. The lowest BCUT2D eigenvalue weighted by Gasteiger charge is -2.29. The van der Waals surface area contributed by atoms with Gasteiger partial charge in [-0.2, -0.15) is 0 Å². The van der Waals surface area contributed by atoms with Crippen LogP contribution in [0.2, 0.25) is 0 Å². The first kappa shape index (κ1) is 12.5. The summed E-state index contributed by atoms with van der Waals surface area (Å²) in [6.45, 7) is 1.37. The molecule has 96 valence electrons. The highest BCUT2D eigenvalue weighted by Crippen LogP contribution is 2.29. The van der Waals surface area contributed by atoms with Crippen molar-refractivity contribution in [3.63, 3.8) is 0 Å². The quantitative estimate of drug-likeness (QED) is 0.745. The van der Waals surface area contributed by atoms with Gasteiger partial charge in [-0.25, -0.2) is 4.39 Å². The van der Waals surface area contributed by atoms with Crippen LogP contribution in [0.15, 0.2) is 18.2 Å². The molecule has 1 atom stereocenters. The Morgan fingerprint density at radius 1 is 1.33 bits per heavy atom. The van der Waals surface area contributed by atoms with Gasteiger partial charge in [-0.1, -0.05) is 6.07 Å². The molecule has 1 aliphatic rings. The van der Waals surface area contributed by atoms with Gasteiger partial charge in [-0.15, -0.1) is 0 Å². The number of imide groups is 1. The van der Waals surface area contributed by atoms with E-state index >= 15 is 0 Å². The summed E-state index contributed by atoms with van der Waals surface area (Å²) in [4.78, 5) is 24.0. The van der Waals surface area contributed by atoms with Crippen molar-refractivity contribution in [2.24, 2.45) is 0 Å². The number of carbonyl (C=O) groups excluding carboxylic acids is 2. The average molecular weight is 252 g/mol. The van der Waals surface area contributed by atoms with Gasteiger partial charge >= 0.3 is 0 Å². The molecule has 6 heteroatoms. The summed E-state index contributed by atoms with van der Waals surface area (Å²) in [5.74, 6) is -1.43. The Hall–Kier alpha value is -1.95. The second kappa shape index (κ2) is 4.73. The van der Waals surface area contributed by atoms with Gasteiger partial charge in [0.2, 0.25) is 11.8 Å². The summed E-state index contributed by atoms with van der Waals surface area (Å²) >= 11 is 0. The molecule has 1 aromatic carbocycles. The fourth-order valence-corrected chi connectivity index (χ4v) is 2.02. The molecule has 0 radical (unpaired) electrons. The number of amides is 2. The third kappa shape index (κ3) is 2.33. The second-order valence-electron chi connectivity index (χ2n) is 4.18. The van der Waals surface area contributed by atoms with Crippen LogP contribution >= 0.6 is 0 Å². The first-order chi connectivity index (χ1) is 8.49. The Balaban J connectivity index is 2.41. The largest absolute Gasteiger partial charge is 0.389 e. The molecule has 2 rings (SSSR count). The van der Waals surface area contributed by atoms with E-state index in [9.17, 15) is 19.1 Å². The maximum absolute atomic E-state index is 13.7. The average Bonchev–Trinajstić information content (AvgIpc) is 2.26. The van der Waals surface area contributed by atoms with Crippen molar-refractivity contribution < 1.29 is 19.1 Å². The van der Waals surface area contributed by atoms with Gasteiger partial charge in [0.1, 0.15) is 5.82 Å². The number of piperazine rings is 1. The topological polar surface area (TPSA) is 69.6 Å². The number of hydrogen-bond acceptors (Lipinski definition) is 4. The normalized spacial score (nSPS) is 17.6. The van der Waals surface area contributed by atoms with Crippen LogP contribution in [-0.4, -0.2) is 30.0 Å². The van der Waals surface area contributed by atoms with Gasteiger partial charge in [0.05, 0.1) is 19.2 Å². The van der Waals surface area contributed by atoms with Crippen molar-refractivity contribution >= 4 is 17.5 Å². The van der Waals surface area contributed by atoms with E-state index in [1.807, 2.05) is 0 Å². The van der Waals surface area contributed by atoms with Crippen molar-refractivity contribution in [3.8, 4) is 0 Å². The molecule has 0 saturated carbocycles. The summed E-state index contributed by atoms with van der Waals surface area (Å²) < 4.78 is 13.7. The highest BCUT2D eigenvalue weighted by atomic mass is 19.1. The van der Waals surface area contributed by atoms with E-state index in [0.29, 0.717) is 5.69 Å². The number of aliphatic hydroxyl groups excluding tert-OH is 1. The van der Waals surface area contributed by atoms with E-state index in [1.165, 1.54) is 24.0 Å². The zero-order valence-electron chi connectivity index (χ0n) is 9.81. The highest BCUT2D eigenvalue weighted by molar-refractivity contribution is 6.02. The number of nitrogens with one attached hydrogen (secondary N) is 1. The third-order valence-electron chi connectivity index (χ3n) is 2.74. The molecule has 0 bridgehead atoms. The predicted molar refractivity (Wildman–Crippen MR) is 62.4 cm³/mol. The minimum absolute atomic E-state index is 0.0328. The van der Waals surface area contributed by atoms with Gasteiger partial charge in [-0.3, -0.25) is 14.9 Å². The summed E-state index contributed by atoms with van der Waals surface area (Å²) in [7, 11) is 0. The molecule has 0 aliphatic carbocycles. The SMILES string of the molecule is C[C@H](O)c1c(F)cccc1N1CC(=O)NC(=O)C1. The number of hydrogen-bond donors (Lipinski definition) is 2. The fourth-order valence-electron chi connectivity index (χ4n) is 2.02. The number of halogens is 1. The minimum Gasteiger partial charge on any atom is -0.389 e. The van der Waals surface area contributed by atoms with Crippen molar-refractivity contribution in [3.05, 3.63) is 29.6 Å². The Labute approximate surface area is 103 Å². The Morgan fingerprint density at radius 2 is 1.94 bits per heavy atom. The van der Waals surface area contributed by atoms with E-state index in [-0.39, 0.29) is 18.7 Å². The number of rotatable bonds is 2. The molecule has 2 amide bonds. The first-order valence-corrected chi connectivity index (χ1v) is 5.53. The standard InChI is InChI=1S/C12H13FN2O3/c1-7(16)12-8(13)3-2-4-9(12)15-5-10(17)14-11(18)6-15/h2-4,7,16H,5-6H2,1H3,(H,14,17,18)/t7-/m0/s1. The molecule has 5 nitrogen and oxygen atoms in total. The van der Waals surface area contributed by atoms with E-state index in [1.54, 1.807) is 6.07 Å². The van der Waals surface area contributed by atoms with Crippen LogP contribution in [0.4, 0.5) is 10.1 Å². The van der Waals surface area contributed by atoms with Crippen LogP contribution in [0.3, 0.4) is 0 Å². The molecule has 1 saturated heterocycles. The molecule has 2 N–H and O–H groups in total. The van der Waals surface area contributed by atoms with Crippen molar-refractivity contribution in [2.75, 3.05) is 18.0 Å². The lowest BCUT2D eigenvalue weighted by atomic mass is 10.1. The lowest BCUT2D eigenvalue weighted by molar-refractivity contribution is -0.130. The molecule has 1 heterocycles. The smallest absolute Gasteiger partial charge is 0.246 e. The Kier molecular flexibility index (Phi) is 3.29. The van der Waals surface area contributed by atoms with Crippen molar-refractivity contribution in [1.29, 1.82) is 0 Å². The minimum atomic E-state index is -1.01. The molecule has 1 fully saturated rings. The van der Waals surface area contributed by atoms with E-state index in [2.05, 4.69) is 5.32 Å². The van der Waals surface area contributed by atoms with Crippen LogP contribution in [0.5, 0.6) is 0 Å². The zero-order valence-corrected chi connectivity index (χ0v) is 9.81. The van der Waals surface area contributed by atoms with Crippen LogP contribution < -0.4 is 10.2 Å². The Bertz CT molecular complexity index is 486. The molecule has 1 aliphatic heterocycles. The second-order valence-corrected chi connectivity index (χ2v) is 4.18. The molecule has 1 aromatic rings. The molecular formula is C12H13FN2O3. The van der Waals surface area contributed by atoms with E-state index < -0.39 is 23.7 Å². The van der Waals surface area contributed by atoms with E-state index in [0.717, 1.165) is 0 Å². The highest BCUT2D eigenvalue weighted by Gasteiger charge is 2.26. The molecule has 18 heavy (non-hydrogen) atoms. The number of anilines is 1. The van der Waals surface area contributed by atoms with Crippen molar-refractivity contribution in [2.45, 2.75) is 13.0 Å². The molecular weight excluding hydrogens is 239 g/mol. The number of benzene rings is 1. The van der Waals surface area contributed by atoms with Gasteiger partial charge in [-0.05, 0) is 19.1 Å².